The first-order valence-corrected chi connectivity index (χ1v) is 12.3. The number of amides is 1. The smallest absolute Gasteiger partial charge is 0.264 e. The fraction of sp³-hybridized carbons (Fsp3) is 0.130. The van der Waals surface area contributed by atoms with Crippen molar-refractivity contribution in [2.75, 3.05) is 10.8 Å². The Hall–Kier alpha value is -2.58. The maximum atomic E-state index is 13.4. The van der Waals surface area contributed by atoms with Gasteiger partial charge in [0.1, 0.15) is 6.54 Å². The van der Waals surface area contributed by atoms with Crippen LogP contribution in [0.1, 0.15) is 16.7 Å². The molecule has 10 heteroatoms. The maximum Gasteiger partial charge on any atom is 0.264 e. The van der Waals surface area contributed by atoms with Gasteiger partial charge >= 0.3 is 0 Å². The van der Waals surface area contributed by atoms with Crippen LogP contribution in [0.25, 0.3) is 0 Å². The van der Waals surface area contributed by atoms with Crippen molar-refractivity contribution in [1.82, 2.24) is 5.43 Å². The molecule has 0 spiro atoms. The minimum absolute atomic E-state index is 0.0525. The molecule has 0 atom stereocenters. The molecule has 33 heavy (non-hydrogen) atoms. The van der Waals surface area contributed by atoms with E-state index in [2.05, 4.69) is 10.5 Å². The van der Waals surface area contributed by atoms with E-state index in [4.69, 9.17) is 34.8 Å². The van der Waals surface area contributed by atoms with Crippen molar-refractivity contribution in [3.05, 3.63) is 92.4 Å². The quantitative estimate of drug-likeness (QED) is 0.322. The number of hydrazone groups is 1. The Morgan fingerprint density at radius 1 is 1.00 bits per heavy atom. The number of carbonyl (C=O) groups excluding carboxylic acids is 1. The molecule has 3 aromatic rings. The molecule has 0 saturated carbocycles. The monoisotopic (exact) mass is 523 g/mol. The van der Waals surface area contributed by atoms with E-state index in [1.807, 2.05) is 6.92 Å². The van der Waals surface area contributed by atoms with Gasteiger partial charge in [0, 0.05) is 15.6 Å². The van der Waals surface area contributed by atoms with E-state index in [1.165, 1.54) is 18.3 Å². The summed E-state index contributed by atoms with van der Waals surface area (Å²) in [4.78, 5) is 12.7. The number of sulfonamides is 1. The van der Waals surface area contributed by atoms with Crippen molar-refractivity contribution in [2.24, 2.45) is 5.10 Å². The maximum absolute atomic E-state index is 13.4. The van der Waals surface area contributed by atoms with E-state index in [-0.39, 0.29) is 4.90 Å². The van der Waals surface area contributed by atoms with Gasteiger partial charge in [-0.05, 0) is 55.8 Å². The third-order valence-electron chi connectivity index (χ3n) is 4.76. The second-order valence-corrected chi connectivity index (χ2v) is 10.3. The molecule has 0 unspecified atom stereocenters. The lowest BCUT2D eigenvalue weighted by molar-refractivity contribution is -0.119. The van der Waals surface area contributed by atoms with E-state index in [0.29, 0.717) is 31.9 Å². The molecule has 0 aromatic heterocycles. The molecular weight excluding hydrogens is 505 g/mol. The SMILES string of the molecule is Cc1ccc(S(=O)(=O)N(CC(=O)N/N=C\c2ccc(Cl)cc2Cl)c2cccc(Cl)c2C)cc1. The highest BCUT2D eigenvalue weighted by Gasteiger charge is 2.28. The second-order valence-electron chi connectivity index (χ2n) is 7.17. The number of hydrogen-bond acceptors (Lipinski definition) is 4. The number of carbonyl (C=O) groups is 1. The zero-order valence-corrected chi connectivity index (χ0v) is 20.8. The topological polar surface area (TPSA) is 78.8 Å². The van der Waals surface area contributed by atoms with Gasteiger partial charge in [-0.2, -0.15) is 5.10 Å². The molecule has 0 saturated heterocycles. The number of aryl methyl sites for hydroxylation is 1. The van der Waals surface area contributed by atoms with Crippen LogP contribution in [0.4, 0.5) is 5.69 Å². The average molecular weight is 525 g/mol. The minimum atomic E-state index is -4.07. The lowest BCUT2D eigenvalue weighted by Crippen LogP contribution is -2.40. The van der Waals surface area contributed by atoms with Gasteiger partial charge in [-0.1, -0.05) is 64.6 Å². The predicted molar refractivity (Wildman–Crippen MR) is 134 cm³/mol. The number of nitrogens with one attached hydrogen (secondary N) is 1. The van der Waals surface area contributed by atoms with Crippen LogP contribution < -0.4 is 9.73 Å². The fourth-order valence-electron chi connectivity index (χ4n) is 2.95. The van der Waals surface area contributed by atoms with Crippen LogP contribution in [0.15, 0.2) is 70.7 Å². The van der Waals surface area contributed by atoms with E-state index in [0.717, 1.165) is 9.87 Å². The van der Waals surface area contributed by atoms with Gasteiger partial charge < -0.3 is 0 Å². The van der Waals surface area contributed by atoms with E-state index >= 15 is 0 Å². The molecule has 0 aliphatic rings. The molecular formula is C23H20Cl3N3O3S. The first-order valence-electron chi connectivity index (χ1n) is 9.71. The van der Waals surface area contributed by atoms with Crippen molar-refractivity contribution >= 4 is 62.6 Å². The fourth-order valence-corrected chi connectivity index (χ4v) is 5.05. The van der Waals surface area contributed by atoms with Gasteiger partial charge in [0.05, 0.1) is 21.8 Å². The van der Waals surface area contributed by atoms with Gasteiger partial charge in [-0.15, -0.1) is 0 Å². The van der Waals surface area contributed by atoms with Crippen LogP contribution >= 0.6 is 34.8 Å². The number of nitrogens with zero attached hydrogens (tertiary/aromatic N) is 2. The first-order chi connectivity index (χ1) is 15.6. The second kappa shape index (κ2) is 10.6. The summed E-state index contributed by atoms with van der Waals surface area (Å²) in [6.45, 7) is 3.03. The van der Waals surface area contributed by atoms with Crippen LogP contribution in [0.2, 0.25) is 15.1 Å². The molecule has 172 valence electrons. The van der Waals surface area contributed by atoms with Crippen molar-refractivity contribution in [3.63, 3.8) is 0 Å². The summed E-state index contributed by atoms with van der Waals surface area (Å²) < 4.78 is 27.9. The lowest BCUT2D eigenvalue weighted by atomic mass is 10.2. The highest BCUT2D eigenvalue weighted by molar-refractivity contribution is 7.92. The summed E-state index contributed by atoms with van der Waals surface area (Å²) in [6.07, 6.45) is 1.35. The van der Waals surface area contributed by atoms with Crippen LogP contribution in [0.3, 0.4) is 0 Å². The Balaban J connectivity index is 1.89. The summed E-state index contributed by atoms with van der Waals surface area (Å²) >= 11 is 18.2. The molecule has 0 aliphatic heterocycles. The number of halogens is 3. The molecule has 1 amide bonds. The van der Waals surface area contributed by atoms with E-state index < -0.39 is 22.5 Å². The summed E-state index contributed by atoms with van der Waals surface area (Å²) in [5.74, 6) is -0.647. The van der Waals surface area contributed by atoms with Gasteiger partial charge in [-0.3, -0.25) is 9.10 Å². The molecule has 3 rings (SSSR count). The normalized spacial score (nSPS) is 11.5. The van der Waals surface area contributed by atoms with Gasteiger partial charge in [0.15, 0.2) is 0 Å². The number of anilines is 1. The summed E-state index contributed by atoms with van der Waals surface area (Å²) in [6, 6.07) is 16.1. The van der Waals surface area contributed by atoms with Crippen LogP contribution in [-0.4, -0.2) is 27.1 Å². The highest BCUT2D eigenvalue weighted by atomic mass is 35.5. The molecule has 0 aliphatic carbocycles. The first kappa shape index (κ1) is 25.1. The van der Waals surface area contributed by atoms with E-state index in [1.54, 1.807) is 55.5 Å². The molecule has 1 N–H and O–H groups in total. The van der Waals surface area contributed by atoms with Crippen molar-refractivity contribution in [1.29, 1.82) is 0 Å². The van der Waals surface area contributed by atoms with Crippen LogP contribution in [0, 0.1) is 13.8 Å². The molecule has 6 nitrogen and oxygen atoms in total. The van der Waals surface area contributed by atoms with Gasteiger partial charge in [0.2, 0.25) is 0 Å². The number of benzene rings is 3. The summed E-state index contributed by atoms with van der Waals surface area (Å²) in [5.41, 5.74) is 4.61. The van der Waals surface area contributed by atoms with Crippen molar-refractivity contribution in [3.8, 4) is 0 Å². The highest BCUT2D eigenvalue weighted by Crippen LogP contribution is 2.30. The van der Waals surface area contributed by atoms with Gasteiger partial charge in [-0.25, -0.2) is 13.8 Å². The molecule has 0 radical (unpaired) electrons. The minimum Gasteiger partial charge on any atom is -0.271 e. The third-order valence-corrected chi connectivity index (χ3v) is 7.51. The number of hydrogen-bond donors (Lipinski definition) is 1. The largest absolute Gasteiger partial charge is 0.271 e. The lowest BCUT2D eigenvalue weighted by Gasteiger charge is -2.25. The Bertz CT molecular complexity index is 1310. The standard InChI is InChI=1S/C23H20Cl3N3O3S/c1-15-6-10-19(11-7-15)33(31,32)29(22-5-3-4-20(25)16(22)2)14-23(30)28-27-13-17-8-9-18(24)12-21(17)26/h3-13H,14H2,1-2H3,(H,28,30)/b27-13-. The molecule has 0 fully saturated rings. The Morgan fingerprint density at radius 3 is 2.36 bits per heavy atom. The average Bonchev–Trinajstić information content (AvgIpc) is 2.76. The third kappa shape index (κ3) is 6.06. The molecule has 0 bridgehead atoms. The Kier molecular flexibility index (Phi) is 8.02. The summed E-state index contributed by atoms with van der Waals surface area (Å²) in [7, 11) is -4.07. The predicted octanol–water partition coefficient (Wildman–Crippen LogP) is 5.61. The number of rotatable bonds is 7. The van der Waals surface area contributed by atoms with E-state index in [9.17, 15) is 13.2 Å². The molecule has 0 heterocycles. The zero-order chi connectivity index (χ0) is 24.2. The summed E-state index contributed by atoms with van der Waals surface area (Å²) in [5, 5.41) is 5.09. The van der Waals surface area contributed by atoms with Crippen LogP contribution in [-0.2, 0) is 14.8 Å². The Labute approximate surface area is 207 Å². The van der Waals surface area contributed by atoms with Gasteiger partial charge in [0.25, 0.3) is 15.9 Å². The van der Waals surface area contributed by atoms with Crippen LogP contribution in [0.5, 0.6) is 0 Å². The van der Waals surface area contributed by atoms with Crippen molar-refractivity contribution in [2.45, 2.75) is 18.7 Å². The molecule has 3 aromatic carbocycles. The Morgan fingerprint density at radius 2 is 1.70 bits per heavy atom. The zero-order valence-electron chi connectivity index (χ0n) is 17.7. The van der Waals surface area contributed by atoms with Crippen molar-refractivity contribution < 1.29 is 13.2 Å².